The molecule has 46 heavy (non-hydrogen) atoms. The predicted octanol–water partition coefficient (Wildman–Crippen LogP) is 2.47. The molecule has 12 heteroatoms. The number of piperidine rings is 1. The van der Waals surface area contributed by atoms with Crippen molar-refractivity contribution in [3.05, 3.63) is 48.6 Å². The van der Waals surface area contributed by atoms with Gasteiger partial charge in [0.15, 0.2) is 0 Å². The lowest BCUT2D eigenvalue weighted by atomic mass is 9.85. The summed E-state index contributed by atoms with van der Waals surface area (Å²) in [6.07, 6.45) is 0.619. The number of fused-ring (bicyclic) bond motifs is 1. The summed E-state index contributed by atoms with van der Waals surface area (Å²) in [5.41, 5.74) is -0.842. The van der Waals surface area contributed by atoms with E-state index in [4.69, 9.17) is 4.74 Å². The highest BCUT2D eigenvalue weighted by molar-refractivity contribution is 6.38. The summed E-state index contributed by atoms with van der Waals surface area (Å²) < 4.78 is 5.40. The number of ether oxygens (including phenoxy) is 1. The first-order chi connectivity index (χ1) is 21.3. The van der Waals surface area contributed by atoms with Crippen LogP contribution in [0.15, 0.2) is 43.0 Å². The number of nitrogens with one attached hydrogen (secondary N) is 4. The van der Waals surface area contributed by atoms with Gasteiger partial charge in [-0.25, -0.2) is 4.79 Å². The van der Waals surface area contributed by atoms with Crippen molar-refractivity contribution in [2.45, 2.75) is 92.1 Å². The first kappa shape index (κ1) is 36.3. The monoisotopic (exact) mass is 639 g/mol. The van der Waals surface area contributed by atoms with Crippen LogP contribution in [0.4, 0.5) is 4.79 Å². The average molecular weight is 640 g/mol. The summed E-state index contributed by atoms with van der Waals surface area (Å²) in [6.45, 7) is 18.4. The Balaban J connectivity index is 1.70. The van der Waals surface area contributed by atoms with E-state index >= 15 is 0 Å². The van der Waals surface area contributed by atoms with Gasteiger partial charge in [0.25, 0.3) is 5.91 Å². The predicted molar refractivity (Wildman–Crippen MR) is 172 cm³/mol. The molecule has 2 fully saturated rings. The lowest BCUT2D eigenvalue weighted by molar-refractivity contribution is -0.145. The van der Waals surface area contributed by atoms with Gasteiger partial charge in [0.1, 0.15) is 23.7 Å². The molecule has 3 rings (SSSR count). The maximum Gasteiger partial charge on any atom is 0.408 e. The molecule has 12 nitrogen and oxygen atoms in total. The number of Topliss-reactive ketones (excluding diaryl/α,β-unsaturated/α-hetero) is 1. The maximum atomic E-state index is 14.0. The summed E-state index contributed by atoms with van der Waals surface area (Å²) in [5, 5.41) is 10.4. The Bertz CT molecular complexity index is 1350. The third-order valence-electron chi connectivity index (χ3n) is 8.54. The van der Waals surface area contributed by atoms with Crippen molar-refractivity contribution >= 4 is 35.5 Å². The van der Waals surface area contributed by atoms with Gasteiger partial charge < -0.3 is 30.9 Å². The second-order valence-electron chi connectivity index (χ2n) is 14.7. The number of ketones is 1. The van der Waals surface area contributed by atoms with Crippen LogP contribution in [0, 0.1) is 22.7 Å². The lowest BCUT2D eigenvalue weighted by Gasteiger charge is -2.38. The van der Waals surface area contributed by atoms with Crippen LogP contribution in [0.1, 0.15) is 67.4 Å². The number of amides is 5. The van der Waals surface area contributed by atoms with Crippen molar-refractivity contribution in [2.75, 3.05) is 13.1 Å². The molecule has 0 bridgehead atoms. The fraction of sp³-hybridized carbons (Fsp3) is 0.588. The lowest BCUT2D eigenvalue weighted by Crippen LogP contribution is -2.60. The fourth-order valence-electron chi connectivity index (χ4n) is 5.97. The molecule has 1 aromatic carbocycles. The number of alkyl carbamates (subject to hydrolysis) is 1. The zero-order valence-electron chi connectivity index (χ0n) is 28.2. The molecule has 252 valence electrons. The molecule has 1 saturated carbocycles. The standard InChI is InChI=1S/C34H49N5O7/c1-10-14-22(26(41)29(43)36-18-23(40)35-17-20-15-12-11-13-16-20)37-28(42)25-24-21(34(24,8)9)19-39(25)30(44)27(32(2,3)4)38-31(45)46-33(5,6)7/h10-13,15-16,21-22,24-25,27H,1,14,17-19H2,2-9H3,(H,35,40)(H,36,43)(H,37,42)(H,38,45)/t21-,22?,24-,25-,27+/m0/s1. The van der Waals surface area contributed by atoms with Crippen molar-refractivity contribution in [3.63, 3.8) is 0 Å². The minimum Gasteiger partial charge on any atom is -0.444 e. The minimum absolute atomic E-state index is 0.0405. The highest BCUT2D eigenvalue weighted by atomic mass is 16.6. The first-order valence-corrected chi connectivity index (χ1v) is 15.6. The van der Waals surface area contributed by atoms with E-state index in [-0.39, 0.29) is 30.2 Å². The van der Waals surface area contributed by atoms with E-state index in [2.05, 4.69) is 27.8 Å². The van der Waals surface area contributed by atoms with Crippen LogP contribution in [-0.2, 0) is 35.3 Å². The molecular weight excluding hydrogens is 590 g/mol. The van der Waals surface area contributed by atoms with Gasteiger partial charge in [-0.05, 0) is 55.4 Å². The van der Waals surface area contributed by atoms with E-state index in [0.29, 0.717) is 6.54 Å². The van der Waals surface area contributed by atoms with E-state index in [1.807, 2.05) is 65.0 Å². The van der Waals surface area contributed by atoms with E-state index < -0.39 is 71.2 Å². The third kappa shape index (κ3) is 8.95. The Kier molecular flexibility index (Phi) is 11.1. The molecule has 1 aliphatic heterocycles. The molecular formula is C34H49N5O7. The summed E-state index contributed by atoms with van der Waals surface area (Å²) >= 11 is 0. The Morgan fingerprint density at radius 2 is 1.63 bits per heavy atom. The largest absolute Gasteiger partial charge is 0.444 e. The molecule has 2 aliphatic rings. The quantitative estimate of drug-likeness (QED) is 0.202. The van der Waals surface area contributed by atoms with Gasteiger partial charge in [0.2, 0.25) is 23.5 Å². The van der Waals surface area contributed by atoms with Crippen LogP contribution in [0.3, 0.4) is 0 Å². The van der Waals surface area contributed by atoms with Crippen LogP contribution in [0.5, 0.6) is 0 Å². The molecule has 5 amide bonds. The van der Waals surface area contributed by atoms with Gasteiger partial charge in [-0.2, -0.15) is 0 Å². The zero-order valence-corrected chi connectivity index (χ0v) is 28.2. The summed E-state index contributed by atoms with van der Waals surface area (Å²) in [5.74, 6) is -3.60. The molecule has 0 radical (unpaired) electrons. The number of hydrogen-bond donors (Lipinski definition) is 4. The number of benzene rings is 1. The minimum atomic E-state index is -1.26. The van der Waals surface area contributed by atoms with Crippen molar-refractivity contribution in [3.8, 4) is 0 Å². The van der Waals surface area contributed by atoms with Crippen molar-refractivity contribution in [1.82, 2.24) is 26.2 Å². The topological polar surface area (TPSA) is 163 Å². The molecule has 1 saturated heterocycles. The van der Waals surface area contributed by atoms with Crippen LogP contribution in [0.2, 0.25) is 0 Å². The van der Waals surface area contributed by atoms with Crippen LogP contribution in [-0.4, -0.2) is 77.2 Å². The molecule has 1 heterocycles. The van der Waals surface area contributed by atoms with Gasteiger partial charge >= 0.3 is 6.09 Å². The average Bonchev–Trinajstić information content (AvgIpc) is 3.27. The maximum absolute atomic E-state index is 14.0. The number of nitrogens with zero attached hydrogens (tertiary/aromatic N) is 1. The van der Waals surface area contributed by atoms with E-state index in [1.165, 1.54) is 11.0 Å². The summed E-state index contributed by atoms with van der Waals surface area (Å²) in [4.78, 5) is 80.2. The normalized spacial score (nSPS) is 21.1. The smallest absolute Gasteiger partial charge is 0.408 e. The number of hydrogen-bond acceptors (Lipinski definition) is 7. The Labute approximate surface area is 271 Å². The number of rotatable bonds is 12. The molecule has 4 N–H and O–H groups in total. The van der Waals surface area contributed by atoms with Crippen molar-refractivity contribution in [1.29, 1.82) is 0 Å². The van der Waals surface area contributed by atoms with E-state index in [9.17, 15) is 28.8 Å². The molecule has 0 spiro atoms. The highest BCUT2D eigenvalue weighted by Gasteiger charge is 2.70. The second kappa shape index (κ2) is 14.0. The highest BCUT2D eigenvalue weighted by Crippen LogP contribution is 2.65. The fourth-order valence-corrected chi connectivity index (χ4v) is 5.97. The Hall–Kier alpha value is -4.22. The molecule has 1 aromatic rings. The second-order valence-corrected chi connectivity index (χ2v) is 14.7. The Morgan fingerprint density at radius 3 is 2.20 bits per heavy atom. The molecule has 5 atom stereocenters. The number of carbonyl (C=O) groups excluding carboxylic acids is 6. The van der Waals surface area contributed by atoms with Gasteiger partial charge in [0.05, 0.1) is 6.54 Å². The summed E-state index contributed by atoms with van der Waals surface area (Å²) in [6, 6.07) is 6.04. The van der Waals surface area contributed by atoms with E-state index in [1.54, 1.807) is 20.8 Å². The molecule has 0 aromatic heterocycles. The van der Waals surface area contributed by atoms with Gasteiger partial charge in [-0.1, -0.05) is 71.0 Å². The Morgan fingerprint density at radius 1 is 1.00 bits per heavy atom. The zero-order chi connectivity index (χ0) is 34.6. The molecule has 1 aliphatic carbocycles. The van der Waals surface area contributed by atoms with Crippen molar-refractivity contribution in [2.24, 2.45) is 22.7 Å². The number of likely N-dealkylation sites (tertiary alicyclic amines) is 1. The number of carbonyl (C=O) groups is 6. The van der Waals surface area contributed by atoms with Gasteiger partial charge in [-0.15, -0.1) is 6.58 Å². The first-order valence-electron chi connectivity index (χ1n) is 15.6. The summed E-state index contributed by atoms with van der Waals surface area (Å²) in [7, 11) is 0. The van der Waals surface area contributed by atoms with Gasteiger partial charge in [-0.3, -0.25) is 24.0 Å². The third-order valence-corrected chi connectivity index (χ3v) is 8.54. The van der Waals surface area contributed by atoms with Crippen LogP contribution in [0.25, 0.3) is 0 Å². The van der Waals surface area contributed by atoms with Crippen LogP contribution >= 0.6 is 0 Å². The molecule has 1 unspecified atom stereocenters. The van der Waals surface area contributed by atoms with E-state index in [0.717, 1.165) is 5.56 Å². The van der Waals surface area contributed by atoms with Crippen LogP contribution < -0.4 is 21.3 Å². The SMILES string of the molecule is C=CCC(NC(=O)[C@@H]1[C@@H]2[C@H](CN1C(=O)[C@@H](NC(=O)OC(C)(C)C)C(C)(C)C)C2(C)C)C(=O)C(=O)NCC(=O)NCc1ccccc1. The van der Waals surface area contributed by atoms with Crippen molar-refractivity contribution < 1.29 is 33.5 Å². The van der Waals surface area contributed by atoms with Gasteiger partial charge in [0, 0.05) is 13.1 Å².